The fourth-order valence-corrected chi connectivity index (χ4v) is 2.22. The summed E-state index contributed by atoms with van der Waals surface area (Å²) in [5.41, 5.74) is 1.45. The number of amidine groups is 1. The van der Waals surface area contributed by atoms with Crippen LogP contribution in [0.5, 0.6) is 0 Å². The van der Waals surface area contributed by atoms with Gasteiger partial charge in [0.2, 0.25) is 5.82 Å². The molecule has 2 heterocycles. The van der Waals surface area contributed by atoms with Gasteiger partial charge in [-0.2, -0.15) is 5.26 Å². The van der Waals surface area contributed by atoms with Crippen LogP contribution in [-0.4, -0.2) is 33.0 Å². The fraction of sp³-hybridized carbons (Fsp3) is 0.118. The summed E-state index contributed by atoms with van der Waals surface area (Å²) in [7, 11) is 0. The fourth-order valence-electron chi connectivity index (χ4n) is 2.22. The Morgan fingerprint density at radius 1 is 1.26 bits per heavy atom. The topological polar surface area (TPSA) is 132 Å². The van der Waals surface area contributed by atoms with E-state index in [1.807, 2.05) is 12.1 Å². The predicted molar refractivity (Wildman–Crippen MR) is 94.2 cm³/mol. The number of anilines is 2. The largest absolute Gasteiger partial charge is 0.374 e. The monoisotopic (exact) mass is 367 g/mol. The van der Waals surface area contributed by atoms with Crippen molar-refractivity contribution in [2.24, 2.45) is 4.99 Å². The molecule has 136 valence electrons. The summed E-state index contributed by atoms with van der Waals surface area (Å²) in [5.74, 6) is -0.188. The van der Waals surface area contributed by atoms with Crippen molar-refractivity contribution in [1.29, 1.82) is 5.26 Å². The molecule has 9 nitrogen and oxygen atoms in total. The van der Waals surface area contributed by atoms with Gasteiger partial charge in [-0.05, 0) is 46.2 Å². The van der Waals surface area contributed by atoms with Crippen LogP contribution < -0.4 is 10.6 Å². The van der Waals surface area contributed by atoms with E-state index in [2.05, 4.69) is 30.9 Å². The number of aliphatic imine (C=N–C) groups is 1. The second-order valence-electron chi connectivity index (χ2n) is 5.25. The van der Waals surface area contributed by atoms with E-state index >= 15 is 0 Å². The van der Waals surface area contributed by atoms with Gasteiger partial charge in [0, 0.05) is 24.6 Å². The van der Waals surface area contributed by atoms with Crippen LogP contribution in [0.1, 0.15) is 16.8 Å². The minimum absolute atomic E-state index is 0.127. The van der Waals surface area contributed by atoms with Crippen LogP contribution in [0, 0.1) is 17.1 Å². The Kier molecular flexibility index (Phi) is 5.66. The van der Waals surface area contributed by atoms with Crippen LogP contribution in [0.15, 0.2) is 52.3 Å². The molecule has 0 amide bonds. The SMILES string of the molecule is N#Cc1cc(N/C(=N\CO)c2nonc2NCc2ccncc2)ccc1F. The molecule has 0 saturated heterocycles. The highest BCUT2D eigenvalue weighted by molar-refractivity contribution is 6.09. The number of rotatable bonds is 6. The molecule has 3 N–H and O–H groups in total. The Morgan fingerprint density at radius 2 is 2.07 bits per heavy atom. The molecule has 3 aromatic rings. The van der Waals surface area contributed by atoms with Gasteiger partial charge in [0.05, 0.1) is 5.56 Å². The number of aromatic nitrogens is 3. The van der Waals surface area contributed by atoms with Crippen molar-refractivity contribution in [2.75, 3.05) is 17.4 Å². The normalized spacial score (nSPS) is 11.1. The van der Waals surface area contributed by atoms with Crippen molar-refractivity contribution in [1.82, 2.24) is 15.3 Å². The highest BCUT2D eigenvalue weighted by atomic mass is 19.1. The van der Waals surface area contributed by atoms with E-state index in [1.54, 1.807) is 18.5 Å². The highest BCUT2D eigenvalue weighted by Crippen LogP contribution is 2.18. The van der Waals surface area contributed by atoms with Crippen molar-refractivity contribution in [3.05, 3.63) is 65.4 Å². The Balaban J connectivity index is 1.81. The third kappa shape index (κ3) is 4.42. The van der Waals surface area contributed by atoms with E-state index in [0.29, 0.717) is 18.1 Å². The zero-order valence-corrected chi connectivity index (χ0v) is 13.9. The maximum absolute atomic E-state index is 13.5. The first-order chi connectivity index (χ1) is 13.2. The summed E-state index contributed by atoms with van der Waals surface area (Å²) >= 11 is 0. The van der Waals surface area contributed by atoms with Crippen molar-refractivity contribution in [3.8, 4) is 6.07 Å². The summed E-state index contributed by atoms with van der Waals surface area (Å²) < 4.78 is 18.3. The maximum Gasteiger partial charge on any atom is 0.202 e. The second kappa shape index (κ2) is 8.50. The van der Waals surface area contributed by atoms with Gasteiger partial charge in [-0.3, -0.25) is 4.98 Å². The average molecular weight is 367 g/mol. The third-order valence-corrected chi connectivity index (χ3v) is 3.50. The maximum atomic E-state index is 13.5. The molecule has 0 aliphatic rings. The number of hydrogen-bond acceptors (Lipinski definition) is 8. The Bertz CT molecular complexity index is 982. The Labute approximate surface area is 153 Å². The first-order valence-corrected chi connectivity index (χ1v) is 7.79. The second-order valence-corrected chi connectivity index (χ2v) is 5.25. The van der Waals surface area contributed by atoms with Crippen molar-refractivity contribution < 1.29 is 14.1 Å². The number of nitriles is 1. The molecule has 3 rings (SSSR count). The number of aliphatic hydroxyl groups is 1. The molecule has 2 aromatic heterocycles. The lowest BCUT2D eigenvalue weighted by atomic mass is 10.2. The van der Waals surface area contributed by atoms with Gasteiger partial charge in [0.25, 0.3) is 0 Å². The zero-order chi connectivity index (χ0) is 19.1. The number of nitrogens with zero attached hydrogens (tertiary/aromatic N) is 5. The van der Waals surface area contributed by atoms with Crippen LogP contribution in [0.25, 0.3) is 0 Å². The number of pyridine rings is 1. The van der Waals surface area contributed by atoms with E-state index < -0.39 is 12.5 Å². The number of hydrogen-bond donors (Lipinski definition) is 3. The number of aliphatic hydroxyl groups excluding tert-OH is 1. The lowest BCUT2D eigenvalue weighted by molar-refractivity contribution is 0.305. The minimum Gasteiger partial charge on any atom is -0.374 e. The van der Waals surface area contributed by atoms with Crippen LogP contribution in [0.2, 0.25) is 0 Å². The lowest BCUT2D eigenvalue weighted by Crippen LogP contribution is -2.17. The first-order valence-electron chi connectivity index (χ1n) is 7.79. The van der Waals surface area contributed by atoms with Gasteiger partial charge in [-0.15, -0.1) is 0 Å². The molecule has 0 bridgehead atoms. The van der Waals surface area contributed by atoms with Gasteiger partial charge in [-0.25, -0.2) is 14.0 Å². The van der Waals surface area contributed by atoms with E-state index in [0.717, 1.165) is 11.6 Å². The van der Waals surface area contributed by atoms with Gasteiger partial charge in [0.1, 0.15) is 18.6 Å². The predicted octanol–water partition coefficient (Wildman–Crippen LogP) is 1.90. The molecule has 0 fully saturated rings. The molecule has 0 unspecified atom stereocenters. The molecule has 27 heavy (non-hydrogen) atoms. The van der Waals surface area contributed by atoms with E-state index in [4.69, 9.17) is 9.89 Å². The zero-order valence-electron chi connectivity index (χ0n) is 13.9. The van der Waals surface area contributed by atoms with Crippen molar-refractivity contribution in [2.45, 2.75) is 6.54 Å². The quantitative estimate of drug-likeness (QED) is 0.444. The van der Waals surface area contributed by atoms with Crippen molar-refractivity contribution in [3.63, 3.8) is 0 Å². The van der Waals surface area contributed by atoms with Crippen LogP contribution >= 0.6 is 0 Å². The van der Waals surface area contributed by atoms with Gasteiger partial charge in [0.15, 0.2) is 11.5 Å². The summed E-state index contributed by atoms with van der Waals surface area (Å²) in [6, 6.07) is 9.33. The highest BCUT2D eigenvalue weighted by Gasteiger charge is 2.17. The van der Waals surface area contributed by atoms with Gasteiger partial charge >= 0.3 is 0 Å². The molecule has 10 heteroatoms. The van der Waals surface area contributed by atoms with E-state index in [9.17, 15) is 9.50 Å². The molecule has 0 aliphatic heterocycles. The molecule has 0 aliphatic carbocycles. The van der Waals surface area contributed by atoms with E-state index in [-0.39, 0.29) is 17.1 Å². The molecule has 0 radical (unpaired) electrons. The molecule has 0 atom stereocenters. The summed E-state index contributed by atoms with van der Waals surface area (Å²) in [6.07, 6.45) is 3.33. The molecule has 0 saturated carbocycles. The number of halogens is 1. The number of nitrogens with one attached hydrogen (secondary N) is 2. The molecular weight excluding hydrogens is 353 g/mol. The van der Waals surface area contributed by atoms with Gasteiger partial charge in [-0.1, -0.05) is 0 Å². The standard InChI is InChI=1S/C17H14FN7O2/c18-14-2-1-13(7-12(14)8-19)23-16(22-10-26)15-17(25-27-24-15)21-9-11-3-5-20-6-4-11/h1-7,26H,9-10H2,(H,21,25)(H,22,23). The first kappa shape index (κ1) is 18.0. The van der Waals surface area contributed by atoms with Gasteiger partial charge < -0.3 is 15.7 Å². The molecular formula is C17H14FN7O2. The summed E-state index contributed by atoms with van der Waals surface area (Å²) in [6.45, 7) is -0.0867. The van der Waals surface area contributed by atoms with Crippen LogP contribution in [-0.2, 0) is 6.54 Å². The Hall–Kier alpha value is -3.84. The van der Waals surface area contributed by atoms with Crippen LogP contribution in [0.3, 0.4) is 0 Å². The Morgan fingerprint density at radius 3 is 2.81 bits per heavy atom. The number of benzene rings is 1. The smallest absolute Gasteiger partial charge is 0.202 e. The van der Waals surface area contributed by atoms with Crippen molar-refractivity contribution >= 4 is 17.3 Å². The van der Waals surface area contributed by atoms with Crippen LogP contribution in [0.4, 0.5) is 15.9 Å². The molecule has 1 aromatic carbocycles. The average Bonchev–Trinajstić information content (AvgIpc) is 3.17. The third-order valence-electron chi connectivity index (χ3n) is 3.50. The summed E-state index contributed by atoms with van der Waals surface area (Å²) in [5, 5.41) is 31.7. The summed E-state index contributed by atoms with van der Waals surface area (Å²) in [4.78, 5) is 7.87. The minimum atomic E-state index is -0.633. The molecule has 0 spiro atoms. The van der Waals surface area contributed by atoms with E-state index in [1.165, 1.54) is 12.1 Å². The lowest BCUT2D eigenvalue weighted by Gasteiger charge is -2.09.